The highest BCUT2D eigenvalue weighted by Gasteiger charge is 2.24. The molecule has 4 nitrogen and oxygen atoms in total. The van der Waals surface area contributed by atoms with Crippen LogP contribution in [0.5, 0.6) is 5.75 Å². The molecule has 0 radical (unpaired) electrons. The number of carbonyl (C=O) groups excluding carboxylic acids is 1. The van der Waals surface area contributed by atoms with Crippen LogP contribution >= 0.6 is 0 Å². The third kappa shape index (κ3) is 3.38. The largest absolute Gasteiger partial charge is 0.494 e. The zero-order valence-electron chi connectivity index (χ0n) is 12.3. The molecule has 0 amide bonds. The summed E-state index contributed by atoms with van der Waals surface area (Å²) in [5.41, 5.74) is 1.74. The number of ketones is 1. The van der Waals surface area contributed by atoms with Gasteiger partial charge >= 0.3 is 0 Å². The Kier molecular flexibility index (Phi) is 5.15. The molecular weight excluding hydrogens is 254 g/mol. The predicted molar refractivity (Wildman–Crippen MR) is 78.1 cm³/mol. The monoisotopic (exact) mass is 277 g/mol. The zero-order valence-corrected chi connectivity index (χ0v) is 12.3. The van der Waals surface area contributed by atoms with Crippen LogP contribution in [0.2, 0.25) is 0 Å². The Morgan fingerprint density at radius 2 is 2.30 bits per heavy atom. The molecule has 0 saturated carbocycles. The molecule has 1 aliphatic rings. The molecule has 1 aliphatic heterocycles. The number of benzene rings is 1. The molecule has 1 heterocycles. The fourth-order valence-electron chi connectivity index (χ4n) is 2.75. The van der Waals surface area contributed by atoms with Crippen LogP contribution in [0.4, 0.5) is 0 Å². The van der Waals surface area contributed by atoms with Crippen LogP contribution in [0.15, 0.2) is 18.2 Å². The second-order valence-electron chi connectivity index (χ2n) is 5.26. The van der Waals surface area contributed by atoms with Crippen LogP contribution < -0.4 is 4.74 Å². The van der Waals surface area contributed by atoms with Crippen molar-refractivity contribution in [2.24, 2.45) is 0 Å². The lowest BCUT2D eigenvalue weighted by Gasteiger charge is -2.24. The van der Waals surface area contributed by atoms with E-state index in [0.29, 0.717) is 12.2 Å². The number of hydrogen-bond acceptors (Lipinski definition) is 4. The molecule has 0 aliphatic carbocycles. The van der Waals surface area contributed by atoms with Crippen LogP contribution in [0.1, 0.15) is 42.6 Å². The number of carbonyl (C=O) groups is 1. The van der Waals surface area contributed by atoms with Gasteiger partial charge in [-0.25, -0.2) is 0 Å². The quantitative estimate of drug-likeness (QED) is 0.810. The Balaban J connectivity index is 2.22. The van der Waals surface area contributed by atoms with E-state index in [4.69, 9.17) is 4.74 Å². The van der Waals surface area contributed by atoms with Crippen molar-refractivity contribution in [1.82, 2.24) is 4.90 Å². The Bertz CT molecular complexity index is 473. The van der Waals surface area contributed by atoms with Gasteiger partial charge in [-0.05, 0) is 51.4 Å². The van der Waals surface area contributed by atoms with Gasteiger partial charge in [-0.15, -0.1) is 0 Å². The minimum atomic E-state index is 0.0643. The Labute approximate surface area is 120 Å². The third-order valence-electron chi connectivity index (χ3n) is 3.85. The van der Waals surface area contributed by atoms with Crippen molar-refractivity contribution < 1.29 is 14.6 Å². The number of ether oxygens (including phenoxy) is 1. The molecule has 1 unspecified atom stereocenters. The maximum atomic E-state index is 11.5. The van der Waals surface area contributed by atoms with Gasteiger partial charge in [-0.3, -0.25) is 9.69 Å². The van der Waals surface area contributed by atoms with Crippen LogP contribution in [0.3, 0.4) is 0 Å². The SMILES string of the molecule is CCOc1ccc(C(C)=O)cc1CN1CCCC1CO. The lowest BCUT2D eigenvalue weighted by atomic mass is 10.1. The standard InChI is InChI=1S/C16H23NO3/c1-3-20-16-7-6-13(12(2)19)9-14(16)10-17-8-4-5-15(17)11-18/h6-7,9,15,18H,3-5,8,10-11H2,1-2H3. The van der Waals surface area contributed by atoms with Crippen molar-refractivity contribution in [3.8, 4) is 5.75 Å². The number of Topliss-reactive ketones (excluding diaryl/α,β-unsaturated/α-hetero) is 1. The normalized spacial score (nSPS) is 19.2. The number of aliphatic hydroxyl groups excluding tert-OH is 1. The first kappa shape index (κ1) is 15.0. The van der Waals surface area contributed by atoms with E-state index in [1.54, 1.807) is 6.92 Å². The lowest BCUT2D eigenvalue weighted by Crippen LogP contribution is -2.31. The van der Waals surface area contributed by atoms with Crippen LogP contribution in [-0.2, 0) is 6.54 Å². The Morgan fingerprint density at radius 1 is 1.50 bits per heavy atom. The van der Waals surface area contributed by atoms with Gasteiger partial charge in [-0.1, -0.05) is 0 Å². The van der Waals surface area contributed by atoms with E-state index in [1.165, 1.54) is 0 Å². The van der Waals surface area contributed by atoms with E-state index < -0.39 is 0 Å². The molecule has 0 bridgehead atoms. The van der Waals surface area contributed by atoms with Gasteiger partial charge in [0.25, 0.3) is 0 Å². The summed E-state index contributed by atoms with van der Waals surface area (Å²) >= 11 is 0. The van der Waals surface area contributed by atoms with Crippen molar-refractivity contribution in [1.29, 1.82) is 0 Å². The van der Waals surface area contributed by atoms with Crippen molar-refractivity contribution in [3.63, 3.8) is 0 Å². The first-order valence-electron chi connectivity index (χ1n) is 7.27. The number of likely N-dealkylation sites (tertiary alicyclic amines) is 1. The van der Waals surface area contributed by atoms with Gasteiger partial charge in [0.05, 0.1) is 13.2 Å². The van der Waals surface area contributed by atoms with Gasteiger partial charge in [0, 0.05) is 23.7 Å². The fourth-order valence-corrected chi connectivity index (χ4v) is 2.75. The van der Waals surface area contributed by atoms with Crippen molar-refractivity contribution in [2.75, 3.05) is 19.8 Å². The van der Waals surface area contributed by atoms with E-state index >= 15 is 0 Å². The third-order valence-corrected chi connectivity index (χ3v) is 3.85. The van der Waals surface area contributed by atoms with Crippen molar-refractivity contribution >= 4 is 5.78 Å². The zero-order chi connectivity index (χ0) is 14.5. The highest BCUT2D eigenvalue weighted by atomic mass is 16.5. The average Bonchev–Trinajstić information content (AvgIpc) is 2.88. The Morgan fingerprint density at radius 3 is 2.95 bits per heavy atom. The first-order valence-corrected chi connectivity index (χ1v) is 7.27. The first-order chi connectivity index (χ1) is 9.65. The molecule has 1 saturated heterocycles. The second kappa shape index (κ2) is 6.86. The van der Waals surface area contributed by atoms with Crippen molar-refractivity contribution in [3.05, 3.63) is 29.3 Å². The van der Waals surface area contributed by atoms with Gasteiger partial charge < -0.3 is 9.84 Å². The molecule has 4 heteroatoms. The van der Waals surface area contributed by atoms with Crippen LogP contribution in [0.25, 0.3) is 0 Å². The van der Waals surface area contributed by atoms with E-state index in [2.05, 4.69) is 4.90 Å². The summed E-state index contributed by atoms with van der Waals surface area (Å²) in [6.45, 7) is 6.04. The molecule has 1 N–H and O–H groups in total. The van der Waals surface area contributed by atoms with Gasteiger partial charge in [0.2, 0.25) is 0 Å². The Hall–Kier alpha value is -1.39. The van der Waals surface area contributed by atoms with Crippen molar-refractivity contribution in [2.45, 2.75) is 39.3 Å². The maximum absolute atomic E-state index is 11.5. The van der Waals surface area contributed by atoms with E-state index in [0.717, 1.165) is 37.2 Å². The molecule has 0 aromatic heterocycles. The van der Waals surface area contributed by atoms with E-state index in [-0.39, 0.29) is 18.4 Å². The second-order valence-corrected chi connectivity index (χ2v) is 5.26. The number of nitrogens with zero attached hydrogens (tertiary/aromatic N) is 1. The molecule has 20 heavy (non-hydrogen) atoms. The summed E-state index contributed by atoms with van der Waals surface area (Å²) in [5.74, 6) is 0.899. The summed E-state index contributed by atoms with van der Waals surface area (Å²) in [6, 6.07) is 5.83. The number of aliphatic hydroxyl groups is 1. The molecule has 110 valence electrons. The van der Waals surface area contributed by atoms with Crippen LogP contribution in [0, 0.1) is 0 Å². The molecule has 1 fully saturated rings. The highest BCUT2D eigenvalue weighted by Crippen LogP contribution is 2.26. The molecule has 1 aromatic carbocycles. The maximum Gasteiger partial charge on any atom is 0.159 e. The number of rotatable bonds is 6. The number of hydrogen-bond donors (Lipinski definition) is 1. The van der Waals surface area contributed by atoms with E-state index in [9.17, 15) is 9.90 Å². The predicted octanol–water partition coefficient (Wildman–Crippen LogP) is 2.24. The molecule has 1 atom stereocenters. The minimum Gasteiger partial charge on any atom is -0.494 e. The molecule has 1 aromatic rings. The van der Waals surface area contributed by atoms with E-state index in [1.807, 2.05) is 25.1 Å². The molecule has 2 rings (SSSR count). The summed E-state index contributed by atoms with van der Waals surface area (Å²) in [5, 5.41) is 9.40. The molecular formula is C16H23NO3. The minimum absolute atomic E-state index is 0.0643. The topological polar surface area (TPSA) is 49.8 Å². The van der Waals surface area contributed by atoms with Gasteiger partial charge in [0.1, 0.15) is 5.75 Å². The smallest absolute Gasteiger partial charge is 0.159 e. The summed E-state index contributed by atoms with van der Waals surface area (Å²) in [4.78, 5) is 13.8. The highest BCUT2D eigenvalue weighted by molar-refractivity contribution is 5.94. The average molecular weight is 277 g/mol. The molecule has 0 spiro atoms. The summed E-state index contributed by atoms with van der Waals surface area (Å²) in [7, 11) is 0. The fraction of sp³-hybridized carbons (Fsp3) is 0.562. The van der Waals surface area contributed by atoms with Gasteiger partial charge in [-0.2, -0.15) is 0 Å². The lowest BCUT2D eigenvalue weighted by molar-refractivity contribution is 0.101. The van der Waals surface area contributed by atoms with Gasteiger partial charge in [0.15, 0.2) is 5.78 Å². The summed E-state index contributed by atoms with van der Waals surface area (Å²) < 4.78 is 5.65. The van der Waals surface area contributed by atoms with Crippen LogP contribution in [-0.4, -0.2) is 41.6 Å². The summed E-state index contributed by atoms with van der Waals surface area (Å²) in [6.07, 6.45) is 2.15.